The lowest BCUT2D eigenvalue weighted by molar-refractivity contribution is 0.00962. The monoisotopic (exact) mass is 218 g/mol. The minimum absolute atomic E-state index is 0.0508. The molecule has 0 aromatic carbocycles. The summed E-state index contributed by atoms with van der Waals surface area (Å²) in [6, 6.07) is 3.63. The first kappa shape index (κ1) is 9.59. The van der Waals surface area contributed by atoms with Crippen molar-refractivity contribution in [1.29, 1.82) is 0 Å². The normalized spacial score (nSPS) is 21.4. The second-order valence-electron chi connectivity index (χ2n) is 4.09. The molecule has 0 spiro atoms. The van der Waals surface area contributed by atoms with Crippen molar-refractivity contribution in [3.05, 3.63) is 24.2 Å². The molecule has 1 unspecified atom stereocenters. The summed E-state index contributed by atoms with van der Waals surface area (Å²) in [6.07, 6.45) is 5.20. The number of rotatable bonds is 1. The molecule has 0 radical (unpaired) electrons. The molecule has 1 saturated heterocycles. The zero-order valence-electron chi connectivity index (χ0n) is 8.97. The summed E-state index contributed by atoms with van der Waals surface area (Å²) in [5, 5.41) is 4.40. The molecule has 16 heavy (non-hydrogen) atoms. The van der Waals surface area contributed by atoms with E-state index in [1.54, 1.807) is 4.52 Å². The molecule has 3 heterocycles. The van der Waals surface area contributed by atoms with Gasteiger partial charge in [-0.15, -0.1) is 5.10 Å². The summed E-state index contributed by atoms with van der Waals surface area (Å²) >= 11 is 0. The Bertz CT molecular complexity index is 502. The zero-order chi connectivity index (χ0) is 11.0. The number of nitrogens with zero attached hydrogens (tertiary/aromatic N) is 3. The highest BCUT2D eigenvalue weighted by atomic mass is 16.5. The van der Waals surface area contributed by atoms with Crippen molar-refractivity contribution in [2.45, 2.75) is 25.4 Å². The summed E-state index contributed by atoms with van der Waals surface area (Å²) in [5.41, 5.74) is 7.19. The lowest BCUT2D eigenvalue weighted by Crippen LogP contribution is -2.12. The molecule has 1 aliphatic heterocycles. The van der Waals surface area contributed by atoms with E-state index in [1.807, 2.05) is 18.3 Å². The first-order valence-corrected chi connectivity index (χ1v) is 5.56. The van der Waals surface area contributed by atoms with Crippen LogP contribution in [0.5, 0.6) is 0 Å². The standard InChI is InChI=1S/C11H14N4O/c12-8-4-5-15-10(7-8)13-11(14-15)9-3-1-2-6-16-9/h4-5,7,9H,1-3,6,12H2. The van der Waals surface area contributed by atoms with Crippen molar-refractivity contribution in [3.63, 3.8) is 0 Å². The van der Waals surface area contributed by atoms with Gasteiger partial charge in [-0.1, -0.05) is 0 Å². The third kappa shape index (κ3) is 1.63. The number of fused-ring (bicyclic) bond motifs is 1. The summed E-state index contributed by atoms with van der Waals surface area (Å²) in [6.45, 7) is 0.808. The van der Waals surface area contributed by atoms with Crippen molar-refractivity contribution in [3.8, 4) is 0 Å². The van der Waals surface area contributed by atoms with E-state index in [-0.39, 0.29) is 6.10 Å². The summed E-state index contributed by atoms with van der Waals surface area (Å²) in [4.78, 5) is 4.44. The van der Waals surface area contributed by atoms with Gasteiger partial charge < -0.3 is 10.5 Å². The molecule has 2 aromatic rings. The largest absolute Gasteiger partial charge is 0.399 e. The van der Waals surface area contributed by atoms with Gasteiger partial charge in [0.1, 0.15) is 6.10 Å². The smallest absolute Gasteiger partial charge is 0.180 e. The van der Waals surface area contributed by atoms with Crippen LogP contribution in [0.25, 0.3) is 5.65 Å². The third-order valence-electron chi connectivity index (χ3n) is 2.85. The Morgan fingerprint density at radius 2 is 2.38 bits per heavy atom. The fourth-order valence-electron chi connectivity index (χ4n) is 2.00. The quantitative estimate of drug-likeness (QED) is 0.788. The van der Waals surface area contributed by atoms with Crippen LogP contribution < -0.4 is 5.73 Å². The summed E-state index contributed by atoms with van der Waals surface area (Å²) in [7, 11) is 0. The number of ether oxygens (including phenoxy) is 1. The number of hydrogen-bond acceptors (Lipinski definition) is 4. The van der Waals surface area contributed by atoms with Crippen molar-refractivity contribution in [1.82, 2.24) is 14.6 Å². The third-order valence-corrected chi connectivity index (χ3v) is 2.85. The maximum absolute atomic E-state index is 5.70. The fourth-order valence-corrected chi connectivity index (χ4v) is 2.00. The van der Waals surface area contributed by atoms with Gasteiger partial charge in [0.2, 0.25) is 0 Å². The van der Waals surface area contributed by atoms with Crippen LogP contribution in [0.15, 0.2) is 18.3 Å². The van der Waals surface area contributed by atoms with Crippen LogP contribution in [0.3, 0.4) is 0 Å². The molecule has 0 aliphatic carbocycles. The van der Waals surface area contributed by atoms with Crippen LogP contribution in [-0.4, -0.2) is 21.2 Å². The molecule has 0 amide bonds. The van der Waals surface area contributed by atoms with Gasteiger partial charge in [0.25, 0.3) is 0 Å². The number of nitrogens with two attached hydrogens (primary N) is 1. The van der Waals surface area contributed by atoms with Crippen LogP contribution in [0.1, 0.15) is 31.2 Å². The minimum atomic E-state index is 0.0508. The minimum Gasteiger partial charge on any atom is -0.399 e. The summed E-state index contributed by atoms with van der Waals surface area (Å²) in [5.74, 6) is 0.769. The number of hydrogen-bond donors (Lipinski definition) is 1. The van der Waals surface area contributed by atoms with E-state index in [9.17, 15) is 0 Å². The van der Waals surface area contributed by atoms with Gasteiger partial charge in [0, 0.05) is 24.6 Å². The van der Waals surface area contributed by atoms with E-state index in [4.69, 9.17) is 10.5 Å². The van der Waals surface area contributed by atoms with Gasteiger partial charge in [-0.3, -0.25) is 0 Å². The second kappa shape index (κ2) is 3.75. The number of pyridine rings is 1. The Balaban J connectivity index is 1.97. The molecule has 1 aliphatic rings. The average Bonchev–Trinajstić information content (AvgIpc) is 2.73. The topological polar surface area (TPSA) is 65.4 Å². The molecule has 5 nitrogen and oxygen atoms in total. The van der Waals surface area contributed by atoms with Crippen molar-refractivity contribution in [2.24, 2.45) is 0 Å². The van der Waals surface area contributed by atoms with Crippen molar-refractivity contribution >= 4 is 11.3 Å². The van der Waals surface area contributed by atoms with E-state index in [1.165, 1.54) is 6.42 Å². The van der Waals surface area contributed by atoms with Crippen molar-refractivity contribution < 1.29 is 4.74 Å². The van der Waals surface area contributed by atoms with E-state index in [2.05, 4.69) is 10.1 Å². The SMILES string of the molecule is Nc1ccn2nc(C3CCCCO3)nc2c1. The van der Waals surface area contributed by atoms with Crippen LogP contribution in [-0.2, 0) is 4.74 Å². The van der Waals surface area contributed by atoms with Gasteiger partial charge in [-0.25, -0.2) is 9.50 Å². The van der Waals surface area contributed by atoms with Crippen LogP contribution in [0.4, 0.5) is 5.69 Å². The average molecular weight is 218 g/mol. The highest BCUT2D eigenvalue weighted by molar-refractivity contribution is 5.50. The molecule has 2 N–H and O–H groups in total. The maximum atomic E-state index is 5.70. The van der Waals surface area contributed by atoms with E-state index in [0.29, 0.717) is 5.69 Å². The van der Waals surface area contributed by atoms with E-state index in [0.717, 1.165) is 30.9 Å². The van der Waals surface area contributed by atoms with Gasteiger partial charge in [-0.2, -0.15) is 0 Å². The van der Waals surface area contributed by atoms with Crippen LogP contribution >= 0.6 is 0 Å². The molecule has 0 bridgehead atoms. The first-order valence-electron chi connectivity index (χ1n) is 5.56. The van der Waals surface area contributed by atoms with Crippen LogP contribution in [0.2, 0.25) is 0 Å². The summed E-state index contributed by atoms with van der Waals surface area (Å²) < 4.78 is 7.39. The van der Waals surface area contributed by atoms with E-state index < -0.39 is 0 Å². The number of nitrogen functional groups attached to an aromatic ring is 1. The lowest BCUT2D eigenvalue weighted by atomic mass is 10.1. The highest BCUT2D eigenvalue weighted by Crippen LogP contribution is 2.25. The molecular weight excluding hydrogens is 204 g/mol. The molecular formula is C11H14N4O. The molecule has 1 atom stereocenters. The molecule has 5 heteroatoms. The fraction of sp³-hybridized carbons (Fsp3) is 0.455. The Morgan fingerprint density at radius 1 is 1.44 bits per heavy atom. The van der Waals surface area contributed by atoms with Gasteiger partial charge >= 0.3 is 0 Å². The Kier molecular flexibility index (Phi) is 2.25. The Morgan fingerprint density at radius 3 is 3.19 bits per heavy atom. The van der Waals surface area contributed by atoms with Crippen LogP contribution in [0, 0.1) is 0 Å². The van der Waals surface area contributed by atoms with E-state index >= 15 is 0 Å². The molecule has 84 valence electrons. The molecule has 0 saturated carbocycles. The highest BCUT2D eigenvalue weighted by Gasteiger charge is 2.20. The molecule has 2 aromatic heterocycles. The first-order chi connectivity index (χ1) is 7.83. The van der Waals surface area contributed by atoms with Crippen molar-refractivity contribution in [2.75, 3.05) is 12.3 Å². The lowest BCUT2D eigenvalue weighted by Gasteiger charge is -2.19. The van der Waals surface area contributed by atoms with Gasteiger partial charge in [0.05, 0.1) is 0 Å². The number of aromatic nitrogens is 3. The van der Waals surface area contributed by atoms with Gasteiger partial charge in [-0.05, 0) is 25.3 Å². The Labute approximate surface area is 93.2 Å². The maximum Gasteiger partial charge on any atom is 0.180 e. The zero-order valence-corrected chi connectivity index (χ0v) is 8.97. The Hall–Kier alpha value is -1.62. The molecule has 3 rings (SSSR count). The predicted molar refractivity (Wildman–Crippen MR) is 59.9 cm³/mol. The number of anilines is 1. The second-order valence-corrected chi connectivity index (χ2v) is 4.09. The molecule has 1 fully saturated rings. The predicted octanol–water partition coefficient (Wildman–Crippen LogP) is 1.55. The van der Waals surface area contributed by atoms with Gasteiger partial charge in [0.15, 0.2) is 11.5 Å².